The Balaban J connectivity index is 2.49. The lowest BCUT2D eigenvalue weighted by Crippen LogP contribution is -1.97. The Morgan fingerprint density at radius 3 is 2.27 bits per heavy atom. The summed E-state index contributed by atoms with van der Waals surface area (Å²) in [6.07, 6.45) is 3.42. The van der Waals surface area contributed by atoms with Crippen molar-refractivity contribution in [3.8, 4) is 0 Å². The number of rotatable bonds is 5. The zero-order valence-corrected chi connectivity index (χ0v) is 12.9. The van der Waals surface area contributed by atoms with Crippen molar-refractivity contribution in [2.24, 2.45) is 9.98 Å². The Morgan fingerprint density at radius 1 is 0.909 bits per heavy atom. The molecule has 2 aromatic carbocycles. The van der Waals surface area contributed by atoms with Gasteiger partial charge >= 0.3 is 0 Å². The van der Waals surface area contributed by atoms with Crippen molar-refractivity contribution < 1.29 is 9.59 Å². The van der Waals surface area contributed by atoms with Crippen LogP contribution in [-0.2, 0) is 22.6 Å². The maximum Gasteiger partial charge on any atom is 0.240 e. The van der Waals surface area contributed by atoms with Crippen LogP contribution < -0.4 is 0 Å². The van der Waals surface area contributed by atoms with Gasteiger partial charge in [0.05, 0.1) is 17.3 Å². The molecule has 0 saturated carbocycles. The van der Waals surface area contributed by atoms with E-state index in [0.717, 1.165) is 16.7 Å². The molecule has 0 spiro atoms. The molecule has 0 atom stereocenters. The van der Waals surface area contributed by atoms with E-state index in [1.165, 1.54) is 12.2 Å². The van der Waals surface area contributed by atoms with Crippen LogP contribution in [-0.4, -0.2) is 12.2 Å². The summed E-state index contributed by atoms with van der Waals surface area (Å²) in [4.78, 5) is 28.1. The summed E-state index contributed by atoms with van der Waals surface area (Å²) >= 11 is 12.3. The van der Waals surface area contributed by atoms with Crippen LogP contribution in [0.4, 0.5) is 5.69 Å². The molecule has 6 heteroatoms. The van der Waals surface area contributed by atoms with E-state index in [9.17, 15) is 9.59 Å². The third-order valence-corrected chi connectivity index (χ3v) is 3.78. The van der Waals surface area contributed by atoms with Gasteiger partial charge in [0.25, 0.3) is 0 Å². The van der Waals surface area contributed by atoms with Crippen molar-refractivity contribution in [3.63, 3.8) is 0 Å². The van der Waals surface area contributed by atoms with Crippen LogP contribution >= 0.6 is 23.2 Å². The molecule has 22 heavy (non-hydrogen) atoms. The topological polar surface area (TPSA) is 58.9 Å². The molecule has 0 aliphatic heterocycles. The third-order valence-electron chi connectivity index (χ3n) is 3.12. The number of carbonyl (C=O) groups excluding carboxylic acids is 2. The number of isocyanates is 2. The van der Waals surface area contributed by atoms with Gasteiger partial charge in [0.2, 0.25) is 12.2 Å². The molecule has 0 bridgehead atoms. The van der Waals surface area contributed by atoms with E-state index in [2.05, 4.69) is 9.98 Å². The van der Waals surface area contributed by atoms with Crippen LogP contribution in [0.5, 0.6) is 0 Å². The molecule has 0 radical (unpaired) electrons. The minimum atomic E-state index is 0.187. The molecule has 0 fully saturated rings. The average Bonchev–Trinajstić information content (AvgIpc) is 2.51. The Kier molecular flexibility index (Phi) is 5.65. The maximum absolute atomic E-state index is 10.6. The fraction of sp³-hybridized carbons (Fsp3) is 0.125. The summed E-state index contributed by atoms with van der Waals surface area (Å²) in [6.45, 7) is 0.187. The highest BCUT2D eigenvalue weighted by Crippen LogP contribution is 2.32. The molecular formula is C16H10Cl2N2O2. The molecule has 0 N–H and O–H groups in total. The number of nitrogens with zero attached hydrogens (tertiary/aromatic N) is 2. The van der Waals surface area contributed by atoms with E-state index < -0.39 is 0 Å². The maximum atomic E-state index is 10.6. The highest BCUT2D eigenvalue weighted by molar-refractivity contribution is 6.33. The van der Waals surface area contributed by atoms with Crippen molar-refractivity contribution in [1.82, 2.24) is 0 Å². The fourth-order valence-electron chi connectivity index (χ4n) is 2.13. The first kappa shape index (κ1) is 16.2. The van der Waals surface area contributed by atoms with Gasteiger partial charge in [0.15, 0.2) is 0 Å². The van der Waals surface area contributed by atoms with Gasteiger partial charge in [-0.1, -0.05) is 47.5 Å². The van der Waals surface area contributed by atoms with Crippen molar-refractivity contribution in [1.29, 1.82) is 0 Å². The molecule has 0 amide bonds. The second-order valence-corrected chi connectivity index (χ2v) is 5.23. The standard InChI is InChI=1S/C16H10Cl2N2O2/c17-14-5-2-4-12(8-19-9-21)13(14)7-11-3-1-6-15(18)16(11)20-10-22/h1-6H,7-8H2. The summed E-state index contributed by atoms with van der Waals surface area (Å²) < 4.78 is 0. The normalized spacial score (nSPS) is 9.73. The van der Waals surface area contributed by atoms with E-state index in [1.807, 2.05) is 6.07 Å². The van der Waals surface area contributed by atoms with Crippen LogP contribution in [0, 0.1) is 0 Å². The second-order valence-electron chi connectivity index (χ2n) is 4.41. The average molecular weight is 333 g/mol. The van der Waals surface area contributed by atoms with Crippen molar-refractivity contribution in [2.45, 2.75) is 13.0 Å². The first-order valence-corrected chi connectivity index (χ1v) is 7.08. The first-order chi connectivity index (χ1) is 10.7. The second kappa shape index (κ2) is 7.69. The van der Waals surface area contributed by atoms with Gasteiger partial charge in [-0.25, -0.2) is 14.6 Å². The van der Waals surface area contributed by atoms with Crippen LogP contribution in [0.1, 0.15) is 16.7 Å². The van der Waals surface area contributed by atoms with Crippen LogP contribution in [0.3, 0.4) is 0 Å². The van der Waals surface area contributed by atoms with Gasteiger partial charge in [0, 0.05) is 11.4 Å². The van der Waals surface area contributed by atoms with E-state index in [4.69, 9.17) is 23.2 Å². The number of hydrogen-bond acceptors (Lipinski definition) is 4. The minimum absolute atomic E-state index is 0.187. The van der Waals surface area contributed by atoms with E-state index in [0.29, 0.717) is 22.2 Å². The summed E-state index contributed by atoms with van der Waals surface area (Å²) in [7, 11) is 0. The van der Waals surface area contributed by atoms with Gasteiger partial charge in [-0.3, -0.25) is 0 Å². The lowest BCUT2D eigenvalue weighted by Gasteiger charge is -2.11. The van der Waals surface area contributed by atoms with Crippen molar-refractivity contribution in [3.05, 3.63) is 63.1 Å². The van der Waals surface area contributed by atoms with Gasteiger partial charge < -0.3 is 0 Å². The molecule has 2 rings (SSSR count). The van der Waals surface area contributed by atoms with Crippen LogP contribution in [0.15, 0.2) is 46.4 Å². The lowest BCUT2D eigenvalue weighted by atomic mass is 9.98. The zero-order chi connectivity index (χ0) is 15.9. The number of aliphatic imine (C=N–C) groups is 2. The SMILES string of the molecule is O=C=NCc1cccc(Cl)c1Cc1cccc(Cl)c1N=C=O. The van der Waals surface area contributed by atoms with Crippen LogP contribution in [0.25, 0.3) is 0 Å². The Labute approximate surface area is 137 Å². The molecule has 110 valence electrons. The van der Waals surface area contributed by atoms with Gasteiger partial charge in [-0.2, -0.15) is 4.99 Å². The molecule has 0 saturated heterocycles. The van der Waals surface area contributed by atoms with E-state index in [-0.39, 0.29) is 6.54 Å². The summed E-state index contributed by atoms with van der Waals surface area (Å²) in [5, 5.41) is 0.903. The monoisotopic (exact) mass is 332 g/mol. The number of para-hydroxylation sites is 1. The van der Waals surface area contributed by atoms with Gasteiger partial charge in [-0.05, 0) is 28.8 Å². The van der Waals surface area contributed by atoms with Gasteiger partial charge in [-0.15, -0.1) is 0 Å². The predicted octanol–water partition coefficient (Wildman–Crippen LogP) is 4.39. The van der Waals surface area contributed by atoms with Crippen molar-refractivity contribution in [2.75, 3.05) is 0 Å². The number of benzene rings is 2. The molecule has 0 unspecified atom stereocenters. The fourth-order valence-corrected chi connectivity index (χ4v) is 2.63. The number of hydrogen-bond donors (Lipinski definition) is 0. The van der Waals surface area contributed by atoms with E-state index in [1.54, 1.807) is 30.3 Å². The quantitative estimate of drug-likeness (QED) is 0.602. The highest BCUT2D eigenvalue weighted by atomic mass is 35.5. The molecule has 0 heterocycles. The predicted molar refractivity (Wildman–Crippen MR) is 85.3 cm³/mol. The number of halogens is 2. The van der Waals surface area contributed by atoms with E-state index >= 15 is 0 Å². The molecule has 2 aromatic rings. The molecule has 0 aliphatic carbocycles. The largest absolute Gasteiger partial charge is 0.240 e. The molecule has 0 aromatic heterocycles. The Morgan fingerprint density at radius 2 is 1.59 bits per heavy atom. The zero-order valence-electron chi connectivity index (χ0n) is 11.3. The summed E-state index contributed by atoms with van der Waals surface area (Å²) in [5.41, 5.74) is 2.70. The molecular weight excluding hydrogens is 323 g/mol. The van der Waals surface area contributed by atoms with Crippen LogP contribution in [0.2, 0.25) is 10.0 Å². The Hall–Kier alpha value is -2.22. The first-order valence-electron chi connectivity index (χ1n) is 6.32. The Bertz CT molecular complexity index is 793. The summed E-state index contributed by atoms with van der Waals surface area (Å²) in [5.74, 6) is 0. The van der Waals surface area contributed by atoms with Gasteiger partial charge in [0.1, 0.15) is 0 Å². The minimum Gasteiger partial charge on any atom is -0.211 e. The smallest absolute Gasteiger partial charge is 0.211 e. The lowest BCUT2D eigenvalue weighted by molar-refractivity contribution is 0.562. The highest BCUT2D eigenvalue weighted by Gasteiger charge is 2.12. The third kappa shape index (κ3) is 3.70. The summed E-state index contributed by atoms with van der Waals surface area (Å²) in [6, 6.07) is 10.6. The molecule has 4 nitrogen and oxygen atoms in total. The van der Waals surface area contributed by atoms with Crippen molar-refractivity contribution >= 4 is 41.0 Å². The molecule has 0 aliphatic rings.